The van der Waals surface area contributed by atoms with Crippen molar-refractivity contribution in [3.05, 3.63) is 21.6 Å². The van der Waals surface area contributed by atoms with E-state index in [-0.39, 0.29) is 12.6 Å². The van der Waals surface area contributed by atoms with Crippen LogP contribution in [0.4, 0.5) is 10.5 Å². The Morgan fingerprint density at radius 3 is 2.86 bits per heavy atom. The van der Waals surface area contributed by atoms with E-state index in [0.717, 1.165) is 0 Å². The molecule has 1 fully saturated rings. The first-order valence-corrected chi connectivity index (χ1v) is 8.00. The molecule has 2 N–H and O–H groups in total. The van der Waals surface area contributed by atoms with Gasteiger partial charge in [0.05, 0.1) is 22.7 Å². The molecule has 22 heavy (non-hydrogen) atoms. The smallest absolute Gasteiger partial charge is 0.321 e. The van der Waals surface area contributed by atoms with Crippen LogP contribution in [0.5, 0.6) is 5.75 Å². The Kier molecular flexibility index (Phi) is 5.52. The lowest BCUT2D eigenvalue weighted by atomic mass is 10.1. The molecule has 120 valence electrons. The molecule has 0 radical (unpaired) electrons. The van der Waals surface area contributed by atoms with E-state index in [1.54, 1.807) is 12.1 Å². The van der Waals surface area contributed by atoms with Crippen molar-refractivity contribution in [1.82, 2.24) is 4.90 Å². The fourth-order valence-electron chi connectivity index (χ4n) is 2.28. The maximum absolute atomic E-state index is 12.3. The molecule has 2 amide bonds. The number of likely N-dealkylation sites (tertiary alicyclic amines) is 1. The van der Waals surface area contributed by atoms with Gasteiger partial charge in [0.25, 0.3) is 0 Å². The van der Waals surface area contributed by atoms with Gasteiger partial charge in [0.15, 0.2) is 5.75 Å². The van der Waals surface area contributed by atoms with Gasteiger partial charge in [-0.25, -0.2) is 4.79 Å². The van der Waals surface area contributed by atoms with Gasteiger partial charge in [-0.1, -0.05) is 11.6 Å². The zero-order chi connectivity index (χ0) is 16.3. The fourth-order valence-corrected chi connectivity index (χ4v) is 3.21. The molecule has 1 aliphatic rings. The number of carbonyl (C=O) groups excluding carboxylic acids is 1. The molecule has 0 aromatic heterocycles. The summed E-state index contributed by atoms with van der Waals surface area (Å²) >= 11 is 9.35. The number of halogens is 2. The Labute approximate surface area is 141 Å². The van der Waals surface area contributed by atoms with Gasteiger partial charge in [-0.2, -0.15) is 0 Å². The van der Waals surface area contributed by atoms with E-state index in [9.17, 15) is 9.59 Å². The van der Waals surface area contributed by atoms with E-state index in [4.69, 9.17) is 21.4 Å². The van der Waals surface area contributed by atoms with Crippen LogP contribution in [0.3, 0.4) is 0 Å². The molecule has 6 nitrogen and oxygen atoms in total. The predicted octanol–water partition coefficient (Wildman–Crippen LogP) is 3.44. The number of hydrogen-bond donors (Lipinski definition) is 2. The number of carbonyl (C=O) groups is 2. The lowest BCUT2D eigenvalue weighted by Gasteiger charge is -2.19. The van der Waals surface area contributed by atoms with E-state index < -0.39 is 11.9 Å². The third-order valence-corrected chi connectivity index (χ3v) is 4.17. The molecule has 8 heteroatoms. The Morgan fingerprint density at radius 1 is 1.55 bits per heavy atom. The van der Waals surface area contributed by atoms with Crippen LogP contribution in [0.15, 0.2) is 16.6 Å². The summed E-state index contributed by atoms with van der Waals surface area (Å²) in [6.07, 6.45) is 0.459. The minimum absolute atomic E-state index is 0.201. The van der Waals surface area contributed by atoms with E-state index in [2.05, 4.69) is 21.2 Å². The topological polar surface area (TPSA) is 78.9 Å². The lowest BCUT2D eigenvalue weighted by Crippen LogP contribution is -2.34. The number of benzene rings is 1. The second kappa shape index (κ2) is 7.19. The van der Waals surface area contributed by atoms with Gasteiger partial charge in [-0.3, -0.25) is 4.79 Å². The molecule has 1 aromatic carbocycles. The average molecular weight is 392 g/mol. The molecule has 2 rings (SSSR count). The van der Waals surface area contributed by atoms with Crippen molar-refractivity contribution >= 4 is 45.2 Å². The van der Waals surface area contributed by atoms with Crippen LogP contribution in [0.25, 0.3) is 0 Å². The van der Waals surface area contributed by atoms with Crippen LogP contribution in [0.1, 0.15) is 13.3 Å². The van der Waals surface area contributed by atoms with E-state index in [1.807, 2.05) is 6.92 Å². The number of carboxylic acids is 1. The predicted molar refractivity (Wildman–Crippen MR) is 86.7 cm³/mol. The molecule has 1 saturated heterocycles. The van der Waals surface area contributed by atoms with Crippen molar-refractivity contribution in [3.63, 3.8) is 0 Å². The summed E-state index contributed by atoms with van der Waals surface area (Å²) in [6.45, 7) is 2.89. The Bertz CT molecular complexity index is 596. The zero-order valence-corrected chi connectivity index (χ0v) is 14.3. The van der Waals surface area contributed by atoms with Gasteiger partial charge >= 0.3 is 12.0 Å². The number of nitrogens with zero attached hydrogens (tertiary/aromatic N) is 1. The Hall–Kier alpha value is -1.47. The molecular formula is C14H16BrClN2O4. The first-order chi connectivity index (χ1) is 10.4. The molecule has 1 aromatic rings. The molecule has 0 spiro atoms. The normalized spacial score (nSPS) is 17.4. The zero-order valence-electron chi connectivity index (χ0n) is 11.9. The number of hydrogen-bond acceptors (Lipinski definition) is 3. The van der Waals surface area contributed by atoms with Crippen LogP contribution in [-0.2, 0) is 4.79 Å². The molecular weight excluding hydrogens is 376 g/mol. The third kappa shape index (κ3) is 3.84. The van der Waals surface area contributed by atoms with Crippen LogP contribution < -0.4 is 10.1 Å². The number of rotatable bonds is 4. The number of amides is 2. The first-order valence-electron chi connectivity index (χ1n) is 6.83. The summed E-state index contributed by atoms with van der Waals surface area (Å²) in [5.41, 5.74) is 0.449. The molecule has 0 saturated carbocycles. The van der Waals surface area contributed by atoms with E-state index >= 15 is 0 Å². The molecule has 1 atom stereocenters. The number of carboxylic acid groups (broad SMARTS) is 1. The minimum Gasteiger partial charge on any atom is -0.491 e. The quantitative estimate of drug-likeness (QED) is 0.824. The first kappa shape index (κ1) is 16.9. The van der Waals surface area contributed by atoms with Gasteiger partial charge in [0.1, 0.15) is 0 Å². The second-order valence-electron chi connectivity index (χ2n) is 4.90. The summed E-state index contributed by atoms with van der Waals surface area (Å²) in [7, 11) is 0. The van der Waals surface area contributed by atoms with Crippen LogP contribution in [0, 0.1) is 5.92 Å². The van der Waals surface area contributed by atoms with Crippen molar-refractivity contribution in [2.75, 3.05) is 25.0 Å². The molecule has 1 heterocycles. The van der Waals surface area contributed by atoms with Crippen molar-refractivity contribution in [2.24, 2.45) is 5.92 Å². The van der Waals surface area contributed by atoms with Crippen molar-refractivity contribution < 1.29 is 19.4 Å². The summed E-state index contributed by atoms with van der Waals surface area (Å²) in [4.78, 5) is 24.7. The van der Waals surface area contributed by atoms with Crippen LogP contribution in [-0.4, -0.2) is 41.7 Å². The van der Waals surface area contributed by atoms with E-state index in [1.165, 1.54) is 4.90 Å². The van der Waals surface area contributed by atoms with Gasteiger partial charge in [0.2, 0.25) is 0 Å². The second-order valence-corrected chi connectivity index (χ2v) is 6.19. The monoisotopic (exact) mass is 390 g/mol. The van der Waals surface area contributed by atoms with Crippen LogP contribution in [0.2, 0.25) is 5.02 Å². The number of nitrogens with one attached hydrogen (secondary N) is 1. The SMILES string of the molecule is CCOc1c(Br)cc(Cl)cc1NC(=O)N1CCC(C(=O)O)C1. The van der Waals surface area contributed by atoms with Gasteiger partial charge in [-0.05, 0) is 41.4 Å². The highest BCUT2D eigenvalue weighted by atomic mass is 79.9. The highest BCUT2D eigenvalue weighted by molar-refractivity contribution is 9.10. The summed E-state index contributed by atoms with van der Waals surface area (Å²) in [5, 5.41) is 12.2. The van der Waals surface area contributed by atoms with E-state index in [0.29, 0.717) is 40.5 Å². The highest BCUT2D eigenvalue weighted by Crippen LogP contribution is 2.37. The molecule has 0 bridgehead atoms. The van der Waals surface area contributed by atoms with Crippen molar-refractivity contribution in [2.45, 2.75) is 13.3 Å². The minimum atomic E-state index is -0.879. The number of aliphatic carboxylic acids is 1. The maximum Gasteiger partial charge on any atom is 0.321 e. The number of ether oxygens (including phenoxy) is 1. The van der Waals surface area contributed by atoms with Gasteiger partial charge in [0, 0.05) is 18.1 Å². The molecule has 1 unspecified atom stereocenters. The highest BCUT2D eigenvalue weighted by Gasteiger charge is 2.31. The van der Waals surface area contributed by atoms with Gasteiger partial charge in [-0.15, -0.1) is 0 Å². The average Bonchev–Trinajstić information content (AvgIpc) is 2.92. The Balaban J connectivity index is 2.13. The fraction of sp³-hybridized carbons (Fsp3) is 0.429. The standard InChI is InChI=1S/C14H16BrClN2O4/c1-2-22-12-10(15)5-9(16)6-11(12)17-14(21)18-4-3-8(7-18)13(19)20/h5-6,8H,2-4,7H2,1H3,(H,17,21)(H,19,20). The van der Waals surface area contributed by atoms with Crippen molar-refractivity contribution in [3.8, 4) is 5.75 Å². The molecule has 0 aliphatic carbocycles. The summed E-state index contributed by atoms with van der Waals surface area (Å²) in [6, 6.07) is 2.91. The van der Waals surface area contributed by atoms with Gasteiger partial charge < -0.3 is 20.1 Å². The molecule has 1 aliphatic heterocycles. The number of anilines is 1. The summed E-state index contributed by atoms with van der Waals surface area (Å²) in [5.74, 6) is -0.895. The third-order valence-electron chi connectivity index (χ3n) is 3.36. The van der Waals surface area contributed by atoms with Crippen LogP contribution >= 0.6 is 27.5 Å². The van der Waals surface area contributed by atoms with Crippen molar-refractivity contribution in [1.29, 1.82) is 0 Å². The number of urea groups is 1. The lowest BCUT2D eigenvalue weighted by molar-refractivity contribution is -0.141. The Morgan fingerprint density at radius 2 is 2.27 bits per heavy atom. The summed E-state index contributed by atoms with van der Waals surface area (Å²) < 4.78 is 6.15. The largest absolute Gasteiger partial charge is 0.491 e. The maximum atomic E-state index is 12.3.